The molecule has 5 heteroatoms. The maximum Gasteiger partial charge on any atom is 0.314 e. The molecule has 0 fully saturated rings. The Kier molecular flexibility index (Phi) is 6.61. The van der Waals surface area contributed by atoms with Crippen LogP contribution in [0.25, 0.3) is 0 Å². The Morgan fingerprint density at radius 3 is 2.29 bits per heavy atom. The van der Waals surface area contributed by atoms with Crippen molar-refractivity contribution in [2.45, 2.75) is 40.5 Å². The molecule has 0 saturated heterocycles. The number of hydrogen-bond donors (Lipinski definition) is 3. The van der Waals surface area contributed by atoms with Crippen molar-refractivity contribution < 1.29 is 14.7 Å². The van der Waals surface area contributed by atoms with E-state index in [-0.39, 0.29) is 17.4 Å². The van der Waals surface area contributed by atoms with E-state index in [9.17, 15) is 9.59 Å². The van der Waals surface area contributed by atoms with Crippen LogP contribution >= 0.6 is 0 Å². The van der Waals surface area contributed by atoms with E-state index in [0.717, 1.165) is 0 Å². The molecule has 1 atom stereocenters. The number of aliphatic carboxylic acids is 1. The summed E-state index contributed by atoms with van der Waals surface area (Å²) in [5, 5.41) is 14.1. The van der Waals surface area contributed by atoms with Crippen molar-refractivity contribution in [3.05, 3.63) is 0 Å². The van der Waals surface area contributed by atoms with Crippen molar-refractivity contribution >= 4 is 12.0 Å². The number of carbonyl (C=O) groups is 2. The van der Waals surface area contributed by atoms with E-state index in [1.807, 2.05) is 20.8 Å². The van der Waals surface area contributed by atoms with Crippen molar-refractivity contribution in [2.75, 3.05) is 13.1 Å². The van der Waals surface area contributed by atoms with Crippen LogP contribution in [0.15, 0.2) is 0 Å². The molecule has 3 N–H and O–H groups in total. The normalized spacial score (nSPS) is 12.9. The van der Waals surface area contributed by atoms with E-state index in [1.54, 1.807) is 6.92 Å². The maximum absolute atomic E-state index is 11.3. The first-order valence-electron chi connectivity index (χ1n) is 5.97. The van der Waals surface area contributed by atoms with Crippen LogP contribution in [0, 0.1) is 11.3 Å². The lowest BCUT2D eigenvalue weighted by molar-refractivity contribution is -0.141. The summed E-state index contributed by atoms with van der Waals surface area (Å²) < 4.78 is 0. The summed E-state index contributed by atoms with van der Waals surface area (Å²) in [5.41, 5.74) is 0.0646. The predicted octanol–water partition coefficient (Wildman–Crippen LogP) is 1.83. The van der Waals surface area contributed by atoms with Gasteiger partial charge in [0.15, 0.2) is 0 Å². The van der Waals surface area contributed by atoms with Gasteiger partial charge in [-0.3, -0.25) is 4.79 Å². The molecule has 0 radical (unpaired) electrons. The van der Waals surface area contributed by atoms with E-state index in [4.69, 9.17) is 5.11 Å². The lowest BCUT2D eigenvalue weighted by Crippen LogP contribution is -2.40. The third-order valence-corrected chi connectivity index (χ3v) is 2.30. The van der Waals surface area contributed by atoms with Crippen LogP contribution in [0.3, 0.4) is 0 Å². The van der Waals surface area contributed by atoms with Gasteiger partial charge in [0.05, 0.1) is 5.92 Å². The van der Waals surface area contributed by atoms with Crippen LogP contribution in [0.1, 0.15) is 40.5 Å². The lowest BCUT2D eigenvalue weighted by atomic mass is 9.97. The van der Waals surface area contributed by atoms with Crippen molar-refractivity contribution in [3.63, 3.8) is 0 Å². The molecule has 5 nitrogen and oxygen atoms in total. The van der Waals surface area contributed by atoms with Gasteiger partial charge in [0.25, 0.3) is 0 Å². The predicted molar refractivity (Wildman–Crippen MR) is 66.9 cm³/mol. The van der Waals surface area contributed by atoms with Gasteiger partial charge in [0.1, 0.15) is 0 Å². The third-order valence-electron chi connectivity index (χ3n) is 2.30. The fraction of sp³-hybridized carbons (Fsp3) is 0.833. The number of nitrogens with one attached hydrogen (secondary N) is 2. The molecule has 2 amide bonds. The SMILES string of the molecule is CC(CCCNC(=O)NCC(C)(C)C)C(=O)O. The Labute approximate surface area is 103 Å². The van der Waals surface area contributed by atoms with Crippen LogP contribution in [0.4, 0.5) is 4.79 Å². The number of rotatable bonds is 6. The average Bonchev–Trinajstić information content (AvgIpc) is 2.20. The summed E-state index contributed by atoms with van der Waals surface area (Å²) in [6.45, 7) is 8.92. The second-order valence-corrected chi connectivity index (χ2v) is 5.55. The molecule has 0 aromatic carbocycles. The third kappa shape index (κ3) is 9.66. The minimum atomic E-state index is -0.790. The first-order chi connectivity index (χ1) is 7.72. The van der Waals surface area contributed by atoms with Gasteiger partial charge in [-0.1, -0.05) is 27.7 Å². The maximum atomic E-state index is 11.3. The van der Waals surface area contributed by atoms with Gasteiger partial charge in [0, 0.05) is 13.1 Å². The molecule has 100 valence electrons. The summed E-state index contributed by atoms with van der Waals surface area (Å²) in [5.74, 6) is -1.14. The Hall–Kier alpha value is -1.26. The Bertz CT molecular complexity index is 259. The van der Waals surface area contributed by atoms with E-state index >= 15 is 0 Å². The standard InChI is InChI=1S/C12H24N2O3/c1-9(10(15)16)6-5-7-13-11(17)14-8-12(2,3)4/h9H,5-8H2,1-4H3,(H,15,16)(H2,13,14,17). The highest BCUT2D eigenvalue weighted by Gasteiger charge is 2.12. The van der Waals surface area contributed by atoms with Gasteiger partial charge in [0.2, 0.25) is 0 Å². The van der Waals surface area contributed by atoms with E-state index in [0.29, 0.717) is 25.9 Å². The molecule has 1 unspecified atom stereocenters. The summed E-state index contributed by atoms with van der Waals surface area (Å²) in [6, 6.07) is -0.192. The van der Waals surface area contributed by atoms with Crippen LogP contribution < -0.4 is 10.6 Å². The monoisotopic (exact) mass is 244 g/mol. The quantitative estimate of drug-likeness (QED) is 0.624. The lowest BCUT2D eigenvalue weighted by Gasteiger charge is -2.18. The smallest absolute Gasteiger partial charge is 0.314 e. The largest absolute Gasteiger partial charge is 0.481 e. The number of amides is 2. The summed E-state index contributed by atoms with van der Waals surface area (Å²) in [4.78, 5) is 21.9. The molecule has 0 aliphatic carbocycles. The molecule has 0 aliphatic heterocycles. The Balaban J connectivity index is 3.56. The minimum absolute atomic E-state index is 0.0646. The first kappa shape index (κ1) is 15.7. The highest BCUT2D eigenvalue weighted by atomic mass is 16.4. The van der Waals surface area contributed by atoms with E-state index < -0.39 is 5.97 Å². The molecule has 0 aromatic rings. The zero-order valence-electron chi connectivity index (χ0n) is 11.2. The van der Waals surface area contributed by atoms with Gasteiger partial charge in [-0.2, -0.15) is 0 Å². The minimum Gasteiger partial charge on any atom is -0.481 e. The zero-order valence-corrected chi connectivity index (χ0v) is 11.2. The Morgan fingerprint density at radius 1 is 1.24 bits per heavy atom. The molecule has 0 rings (SSSR count). The van der Waals surface area contributed by atoms with Crippen molar-refractivity contribution in [1.29, 1.82) is 0 Å². The average molecular weight is 244 g/mol. The fourth-order valence-electron chi connectivity index (χ4n) is 1.14. The molecule has 0 saturated carbocycles. The second kappa shape index (κ2) is 7.14. The molecule has 0 spiro atoms. The van der Waals surface area contributed by atoms with E-state index in [1.165, 1.54) is 0 Å². The summed E-state index contributed by atoms with van der Waals surface area (Å²) in [6.07, 6.45) is 1.26. The van der Waals surface area contributed by atoms with Crippen LogP contribution in [0.2, 0.25) is 0 Å². The number of carbonyl (C=O) groups excluding carboxylic acids is 1. The number of carboxylic acids is 1. The number of hydrogen-bond acceptors (Lipinski definition) is 2. The number of carboxylic acid groups (broad SMARTS) is 1. The topological polar surface area (TPSA) is 78.4 Å². The highest BCUT2D eigenvalue weighted by Crippen LogP contribution is 2.09. The highest BCUT2D eigenvalue weighted by molar-refractivity contribution is 5.73. The van der Waals surface area contributed by atoms with Gasteiger partial charge in [-0.25, -0.2) is 4.79 Å². The molecular formula is C12H24N2O3. The summed E-state index contributed by atoms with van der Waals surface area (Å²) in [7, 11) is 0. The van der Waals surface area contributed by atoms with Gasteiger partial charge >= 0.3 is 12.0 Å². The molecule has 17 heavy (non-hydrogen) atoms. The van der Waals surface area contributed by atoms with Crippen LogP contribution in [-0.2, 0) is 4.79 Å². The van der Waals surface area contributed by atoms with Crippen LogP contribution in [-0.4, -0.2) is 30.2 Å². The van der Waals surface area contributed by atoms with E-state index in [2.05, 4.69) is 10.6 Å². The van der Waals surface area contributed by atoms with Gasteiger partial charge < -0.3 is 15.7 Å². The molecule has 0 aliphatic rings. The van der Waals surface area contributed by atoms with Crippen molar-refractivity contribution in [1.82, 2.24) is 10.6 Å². The fourth-order valence-corrected chi connectivity index (χ4v) is 1.14. The molecular weight excluding hydrogens is 220 g/mol. The van der Waals surface area contributed by atoms with Gasteiger partial charge in [-0.15, -0.1) is 0 Å². The Morgan fingerprint density at radius 2 is 1.82 bits per heavy atom. The van der Waals surface area contributed by atoms with Crippen molar-refractivity contribution in [2.24, 2.45) is 11.3 Å². The zero-order chi connectivity index (χ0) is 13.5. The van der Waals surface area contributed by atoms with Crippen LogP contribution in [0.5, 0.6) is 0 Å². The van der Waals surface area contributed by atoms with Crippen molar-refractivity contribution in [3.8, 4) is 0 Å². The molecule has 0 heterocycles. The first-order valence-corrected chi connectivity index (χ1v) is 5.97. The molecule has 0 bridgehead atoms. The summed E-state index contributed by atoms with van der Waals surface area (Å²) >= 11 is 0. The second-order valence-electron chi connectivity index (χ2n) is 5.55. The molecule has 0 aromatic heterocycles. The number of urea groups is 1. The van der Waals surface area contributed by atoms with Gasteiger partial charge in [-0.05, 0) is 18.3 Å².